The molecule has 0 fully saturated rings. The van der Waals surface area contributed by atoms with Gasteiger partial charge < -0.3 is 9.52 Å². The fourth-order valence-electron chi connectivity index (χ4n) is 1.17. The number of hydrogen-bond donors (Lipinski definition) is 1. The SMILES string of the molecule is O=C(O)Cc1nc2cccc(Cl)c2o1. The van der Waals surface area contributed by atoms with E-state index in [0.717, 1.165) is 0 Å². The molecule has 0 aliphatic heterocycles. The third-order valence-corrected chi connectivity index (χ3v) is 2.01. The molecule has 0 bridgehead atoms. The lowest BCUT2D eigenvalue weighted by molar-refractivity contribution is -0.136. The first-order valence-electron chi connectivity index (χ1n) is 3.92. The lowest BCUT2D eigenvalue weighted by atomic mass is 10.3. The molecule has 0 saturated carbocycles. The molecular weight excluding hydrogens is 206 g/mol. The molecule has 14 heavy (non-hydrogen) atoms. The van der Waals surface area contributed by atoms with Gasteiger partial charge in [0.1, 0.15) is 11.9 Å². The quantitative estimate of drug-likeness (QED) is 0.826. The van der Waals surface area contributed by atoms with Gasteiger partial charge in [0.05, 0.1) is 5.02 Å². The highest BCUT2D eigenvalue weighted by Crippen LogP contribution is 2.23. The first-order chi connectivity index (χ1) is 6.66. The van der Waals surface area contributed by atoms with Crippen LogP contribution in [0.5, 0.6) is 0 Å². The molecule has 1 aromatic carbocycles. The van der Waals surface area contributed by atoms with Gasteiger partial charge in [0.2, 0.25) is 5.89 Å². The lowest BCUT2D eigenvalue weighted by Crippen LogP contribution is -1.99. The molecule has 0 spiro atoms. The van der Waals surface area contributed by atoms with Crippen molar-refractivity contribution in [3.05, 3.63) is 29.1 Å². The Hall–Kier alpha value is -1.55. The molecule has 1 aromatic heterocycles. The Kier molecular flexibility index (Phi) is 2.13. The number of benzene rings is 1. The summed E-state index contributed by atoms with van der Waals surface area (Å²) in [5.74, 6) is -0.812. The highest BCUT2D eigenvalue weighted by molar-refractivity contribution is 6.34. The van der Waals surface area contributed by atoms with Crippen LogP contribution in [0.3, 0.4) is 0 Å². The van der Waals surface area contributed by atoms with E-state index in [9.17, 15) is 4.79 Å². The molecule has 0 unspecified atom stereocenters. The minimum absolute atomic E-state index is 0.167. The molecule has 0 saturated heterocycles. The number of hydrogen-bond acceptors (Lipinski definition) is 3. The highest BCUT2D eigenvalue weighted by Gasteiger charge is 2.10. The fraction of sp³-hybridized carbons (Fsp3) is 0.111. The van der Waals surface area contributed by atoms with Crippen LogP contribution < -0.4 is 0 Å². The first-order valence-corrected chi connectivity index (χ1v) is 4.30. The topological polar surface area (TPSA) is 63.3 Å². The van der Waals surface area contributed by atoms with Crippen molar-refractivity contribution < 1.29 is 14.3 Å². The van der Waals surface area contributed by atoms with Crippen LogP contribution in [0.4, 0.5) is 0 Å². The number of fused-ring (bicyclic) bond motifs is 1. The number of aliphatic carboxylic acids is 1. The molecule has 4 nitrogen and oxygen atoms in total. The van der Waals surface area contributed by atoms with E-state index in [4.69, 9.17) is 21.1 Å². The summed E-state index contributed by atoms with van der Waals surface area (Å²) in [6.45, 7) is 0. The number of carboxylic acids is 1. The predicted octanol–water partition coefficient (Wildman–Crippen LogP) is 2.11. The molecule has 0 radical (unpaired) electrons. The molecule has 1 N–H and O–H groups in total. The van der Waals surface area contributed by atoms with Crippen LogP contribution in [0.1, 0.15) is 5.89 Å². The normalized spacial score (nSPS) is 10.6. The number of para-hydroxylation sites is 1. The van der Waals surface area contributed by atoms with Gasteiger partial charge in [0, 0.05) is 0 Å². The van der Waals surface area contributed by atoms with E-state index in [0.29, 0.717) is 16.1 Å². The van der Waals surface area contributed by atoms with Crippen LogP contribution >= 0.6 is 11.6 Å². The van der Waals surface area contributed by atoms with Gasteiger partial charge in [-0.05, 0) is 12.1 Å². The van der Waals surface area contributed by atoms with Crippen LogP contribution in [-0.4, -0.2) is 16.1 Å². The Morgan fingerprint density at radius 2 is 2.36 bits per heavy atom. The van der Waals surface area contributed by atoms with Crippen molar-refractivity contribution in [1.29, 1.82) is 0 Å². The zero-order valence-corrected chi connectivity index (χ0v) is 7.78. The molecule has 0 aliphatic rings. The van der Waals surface area contributed by atoms with Crippen LogP contribution in [0.2, 0.25) is 5.02 Å². The van der Waals surface area contributed by atoms with Gasteiger partial charge in [-0.15, -0.1) is 0 Å². The van der Waals surface area contributed by atoms with E-state index < -0.39 is 5.97 Å². The van der Waals surface area contributed by atoms with Crippen LogP contribution in [0, 0.1) is 0 Å². The Morgan fingerprint density at radius 1 is 1.57 bits per heavy atom. The summed E-state index contributed by atoms with van der Waals surface area (Å²) >= 11 is 5.83. The molecule has 0 amide bonds. The largest absolute Gasteiger partial charge is 0.481 e. The summed E-state index contributed by atoms with van der Waals surface area (Å²) in [6, 6.07) is 5.12. The minimum Gasteiger partial charge on any atom is -0.481 e. The fourth-order valence-corrected chi connectivity index (χ4v) is 1.37. The van der Waals surface area contributed by atoms with E-state index in [-0.39, 0.29) is 12.3 Å². The Balaban J connectivity index is 2.51. The van der Waals surface area contributed by atoms with Crippen molar-refractivity contribution in [2.24, 2.45) is 0 Å². The van der Waals surface area contributed by atoms with E-state index in [1.165, 1.54) is 0 Å². The second-order valence-electron chi connectivity index (χ2n) is 2.77. The second kappa shape index (κ2) is 3.31. The summed E-state index contributed by atoms with van der Waals surface area (Å²) in [5.41, 5.74) is 1.01. The summed E-state index contributed by atoms with van der Waals surface area (Å²) in [4.78, 5) is 14.4. The van der Waals surface area contributed by atoms with E-state index in [2.05, 4.69) is 4.98 Å². The van der Waals surface area contributed by atoms with Gasteiger partial charge in [-0.25, -0.2) is 4.98 Å². The number of oxazole rings is 1. The number of carboxylic acid groups (broad SMARTS) is 1. The second-order valence-corrected chi connectivity index (χ2v) is 3.17. The van der Waals surface area contributed by atoms with Gasteiger partial charge in [0.15, 0.2) is 5.58 Å². The molecule has 1 heterocycles. The standard InChI is InChI=1S/C9H6ClNO3/c10-5-2-1-3-6-9(5)14-7(11-6)4-8(12)13/h1-3H,4H2,(H,12,13). The maximum absolute atomic E-state index is 10.4. The van der Waals surface area contributed by atoms with Crippen molar-refractivity contribution in [3.63, 3.8) is 0 Å². The summed E-state index contributed by atoms with van der Waals surface area (Å²) in [6.07, 6.45) is -0.231. The molecule has 2 rings (SSSR count). The van der Waals surface area contributed by atoms with Crippen molar-refractivity contribution in [3.8, 4) is 0 Å². The highest BCUT2D eigenvalue weighted by atomic mass is 35.5. The van der Waals surface area contributed by atoms with Crippen molar-refractivity contribution >= 4 is 28.7 Å². The third-order valence-electron chi connectivity index (χ3n) is 1.71. The van der Waals surface area contributed by atoms with Crippen LogP contribution in [0.25, 0.3) is 11.1 Å². The van der Waals surface area contributed by atoms with E-state index >= 15 is 0 Å². The number of halogens is 1. The number of rotatable bonds is 2. The Labute approximate surface area is 84.1 Å². The van der Waals surface area contributed by atoms with Crippen molar-refractivity contribution in [2.75, 3.05) is 0 Å². The molecule has 0 atom stereocenters. The van der Waals surface area contributed by atoms with Gasteiger partial charge >= 0.3 is 5.97 Å². The number of carbonyl (C=O) groups is 1. The average molecular weight is 212 g/mol. The molecule has 2 aromatic rings. The molecule has 72 valence electrons. The van der Waals surface area contributed by atoms with Crippen molar-refractivity contribution in [2.45, 2.75) is 6.42 Å². The molecule has 5 heteroatoms. The van der Waals surface area contributed by atoms with Crippen LogP contribution in [-0.2, 0) is 11.2 Å². The zero-order valence-electron chi connectivity index (χ0n) is 7.03. The van der Waals surface area contributed by atoms with Gasteiger partial charge in [0.25, 0.3) is 0 Å². The minimum atomic E-state index is -0.979. The maximum atomic E-state index is 10.4. The Morgan fingerprint density at radius 3 is 3.00 bits per heavy atom. The van der Waals surface area contributed by atoms with Crippen LogP contribution in [0.15, 0.2) is 22.6 Å². The van der Waals surface area contributed by atoms with Gasteiger partial charge in [-0.2, -0.15) is 0 Å². The van der Waals surface area contributed by atoms with E-state index in [1.807, 2.05) is 0 Å². The zero-order chi connectivity index (χ0) is 10.1. The smallest absolute Gasteiger partial charge is 0.312 e. The van der Waals surface area contributed by atoms with Crippen molar-refractivity contribution in [1.82, 2.24) is 4.98 Å². The lowest BCUT2D eigenvalue weighted by Gasteiger charge is -1.87. The summed E-state index contributed by atoms with van der Waals surface area (Å²) in [5, 5.41) is 8.97. The monoisotopic (exact) mass is 211 g/mol. The molecule has 0 aliphatic carbocycles. The van der Waals surface area contributed by atoms with E-state index in [1.54, 1.807) is 18.2 Å². The Bertz CT molecular complexity index is 492. The predicted molar refractivity (Wildman–Crippen MR) is 50.4 cm³/mol. The van der Waals surface area contributed by atoms with Gasteiger partial charge in [-0.3, -0.25) is 4.79 Å². The third kappa shape index (κ3) is 1.56. The summed E-state index contributed by atoms with van der Waals surface area (Å²) < 4.78 is 5.19. The number of nitrogens with zero attached hydrogens (tertiary/aromatic N) is 1. The average Bonchev–Trinajstić information content (AvgIpc) is 2.47. The van der Waals surface area contributed by atoms with Gasteiger partial charge in [-0.1, -0.05) is 17.7 Å². The number of aromatic nitrogens is 1. The summed E-state index contributed by atoms with van der Waals surface area (Å²) in [7, 11) is 0. The maximum Gasteiger partial charge on any atom is 0.312 e. The first kappa shape index (κ1) is 9.02. The molecular formula is C9H6ClNO3.